The summed E-state index contributed by atoms with van der Waals surface area (Å²) >= 11 is 0. The molecule has 0 amide bonds. The Morgan fingerprint density at radius 3 is 2.44 bits per heavy atom. The first kappa shape index (κ1) is 23.6. The maximum atomic E-state index is 14.6. The van der Waals surface area contributed by atoms with Gasteiger partial charge in [0.1, 0.15) is 17.2 Å². The molecule has 1 heterocycles. The molecular formula is C26H27FN2O5. The normalized spacial score (nSPS) is 14.5. The quantitative estimate of drug-likeness (QED) is 0.299. The lowest BCUT2D eigenvalue weighted by atomic mass is 10.1. The second kappa shape index (κ2) is 9.37. The molecule has 34 heavy (non-hydrogen) atoms. The highest BCUT2D eigenvalue weighted by molar-refractivity contribution is 5.99. The lowest BCUT2D eigenvalue weighted by Gasteiger charge is -2.19. The molecule has 1 atom stereocenters. The highest BCUT2D eigenvalue weighted by Gasteiger charge is 2.30. The summed E-state index contributed by atoms with van der Waals surface area (Å²) in [6.45, 7) is 7.06. The fraction of sp³-hybridized carbons (Fsp3) is 0.385. The van der Waals surface area contributed by atoms with Crippen molar-refractivity contribution in [3.05, 3.63) is 65.3 Å². The number of esters is 1. The van der Waals surface area contributed by atoms with Crippen LogP contribution in [0.5, 0.6) is 5.75 Å². The number of aromatic nitrogens is 2. The molecule has 7 nitrogen and oxygen atoms in total. The number of hydrogen-bond acceptors (Lipinski definition) is 7. The summed E-state index contributed by atoms with van der Waals surface area (Å²) in [5, 5.41) is 3.94. The Morgan fingerprint density at radius 2 is 1.85 bits per heavy atom. The summed E-state index contributed by atoms with van der Waals surface area (Å²) in [6, 6.07) is 11.1. The van der Waals surface area contributed by atoms with Crippen molar-refractivity contribution in [1.82, 2.24) is 10.1 Å². The first-order chi connectivity index (χ1) is 16.1. The molecule has 0 spiro atoms. The van der Waals surface area contributed by atoms with Gasteiger partial charge in [-0.05, 0) is 82.5 Å². The number of carbonyl (C=O) groups excluding carboxylic acids is 2. The lowest BCUT2D eigenvalue weighted by molar-refractivity contribution is 0.00646. The summed E-state index contributed by atoms with van der Waals surface area (Å²) in [5.74, 6) is -0.145. The van der Waals surface area contributed by atoms with Gasteiger partial charge in [0, 0.05) is 17.0 Å². The maximum Gasteiger partial charge on any atom is 0.341 e. The number of benzene rings is 2. The molecule has 1 aromatic heterocycles. The number of rotatable bonds is 8. The zero-order valence-corrected chi connectivity index (χ0v) is 19.6. The van der Waals surface area contributed by atoms with Gasteiger partial charge < -0.3 is 14.0 Å². The molecule has 0 radical (unpaired) electrons. The predicted molar refractivity (Wildman–Crippen MR) is 122 cm³/mol. The number of ketones is 1. The van der Waals surface area contributed by atoms with Crippen LogP contribution in [0, 0.1) is 11.7 Å². The van der Waals surface area contributed by atoms with Crippen molar-refractivity contribution in [1.29, 1.82) is 0 Å². The minimum Gasteiger partial charge on any atom is -0.481 e. The summed E-state index contributed by atoms with van der Waals surface area (Å²) in [4.78, 5) is 28.7. The summed E-state index contributed by atoms with van der Waals surface area (Å²) in [6.07, 6.45) is 1.96. The highest BCUT2D eigenvalue weighted by Crippen LogP contribution is 2.33. The molecule has 0 unspecified atom stereocenters. The zero-order chi connectivity index (χ0) is 24.5. The molecule has 2 aromatic carbocycles. The molecule has 1 aliphatic rings. The SMILES string of the molecule is CC[C@@H](Oc1ccc(C(=O)C2CC2)cc1)c1nc(-c2ccc(C(=O)OC(C)(C)C)c(F)c2)no1. The highest BCUT2D eigenvalue weighted by atomic mass is 19.1. The fourth-order valence-electron chi connectivity index (χ4n) is 3.39. The van der Waals surface area contributed by atoms with Crippen LogP contribution < -0.4 is 4.74 Å². The van der Waals surface area contributed by atoms with Crippen molar-refractivity contribution in [2.45, 2.75) is 58.7 Å². The number of carbonyl (C=O) groups is 2. The second-order valence-corrected chi connectivity index (χ2v) is 9.33. The summed E-state index contributed by atoms with van der Waals surface area (Å²) in [5.41, 5.74) is 0.144. The largest absolute Gasteiger partial charge is 0.481 e. The number of ether oxygens (including phenoxy) is 2. The van der Waals surface area contributed by atoms with Gasteiger partial charge in [-0.15, -0.1) is 0 Å². The Morgan fingerprint density at radius 1 is 1.15 bits per heavy atom. The molecule has 0 aliphatic heterocycles. The monoisotopic (exact) mass is 466 g/mol. The average molecular weight is 467 g/mol. The van der Waals surface area contributed by atoms with E-state index in [1.54, 1.807) is 45.0 Å². The topological polar surface area (TPSA) is 91.5 Å². The predicted octanol–water partition coefficient (Wildman–Crippen LogP) is 5.95. The molecule has 8 heteroatoms. The molecule has 0 bridgehead atoms. The van der Waals surface area contributed by atoms with Crippen molar-refractivity contribution in [3.8, 4) is 17.1 Å². The third kappa shape index (κ3) is 5.50. The van der Waals surface area contributed by atoms with Crippen LogP contribution in [0.25, 0.3) is 11.4 Å². The van der Waals surface area contributed by atoms with Crippen LogP contribution in [0.4, 0.5) is 4.39 Å². The van der Waals surface area contributed by atoms with Gasteiger partial charge in [-0.25, -0.2) is 9.18 Å². The third-order valence-corrected chi connectivity index (χ3v) is 5.30. The van der Waals surface area contributed by atoms with Crippen molar-refractivity contribution >= 4 is 11.8 Å². The number of Topliss-reactive ketones (excluding diaryl/α,β-unsaturated/α-hetero) is 1. The van der Waals surface area contributed by atoms with E-state index in [4.69, 9.17) is 14.0 Å². The molecule has 3 aromatic rings. The van der Waals surface area contributed by atoms with Gasteiger partial charge in [0.2, 0.25) is 5.82 Å². The lowest BCUT2D eigenvalue weighted by Crippen LogP contribution is -2.24. The van der Waals surface area contributed by atoms with Crippen LogP contribution in [-0.2, 0) is 4.74 Å². The van der Waals surface area contributed by atoms with Crippen LogP contribution in [0.2, 0.25) is 0 Å². The van der Waals surface area contributed by atoms with E-state index in [-0.39, 0.29) is 29.0 Å². The van der Waals surface area contributed by atoms with Crippen molar-refractivity contribution in [2.24, 2.45) is 5.92 Å². The van der Waals surface area contributed by atoms with Gasteiger partial charge in [-0.1, -0.05) is 12.1 Å². The van der Waals surface area contributed by atoms with Crippen LogP contribution in [0.15, 0.2) is 47.0 Å². The Hall–Kier alpha value is -3.55. The average Bonchev–Trinajstić information content (AvgIpc) is 3.52. The van der Waals surface area contributed by atoms with E-state index in [9.17, 15) is 14.0 Å². The summed E-state index contributed by atoms with van der Waals surface area (Å²) < 4.78 is 31.2. The molecule has 178 valence electrons. The number of hydrogen-bond donors (Lipinski definition) is 0. The smallest absolute Gasteiger partial charge is 0.341 e. The van der Waals surface area contributed by atoms with E-state index in [1.807, 2.05) is 6.92 Å². The van der Waals surface area contributed by atoms with E-state index >= 15 is 0 Å². The van der Waals surface area contributed by atoms with Crippen molar-refractivity contribution in [2.75, 3.05) is 0 Å². The van der Waals surface area contributed by atoms with Crippen molar-refractivity contribution < 1.29 is 28.0 Å². The van der Waals surface area contributed by atoms with Gasteiger partial charge in [0.05, 0.1) is 5.56 Å². The van der Waals surface area contributed by atoms with Crippen LogP contribution in [0.1, 0.15) is 79.7 Å². The van der Waals surface area contributed by atoms with Crippen molar-refractivity contribution in [3.63, 3.8) is 0 Å². The zero-order valence-electron chi connectivity index (χ0n) is 19.6. The molecule has 1 aliphatic carbocycles. The number of nitrogens with zero attached hydrogens (tertiary/aromatic N) is 2. The molecule has 0 saturated heterocycles. The standard InChI is InChI=1S/C26H27FN2O5/c1-5-21(32-18-11-8-16(9-12-18)22(30)15-6-7-15)24-28-23(29-34-24)17-10-13-19(20(27)14-17)25(31)33-26(2,3)4/h8-15,21H,5-7H2,1-4H3/t21-/m1/s1. The fourth-order valence-corrected chi connectivity index (χ4v) is 3.39. The minimum atomic E-state index is -0.741. The third-order valence-electron chi connectivity index (χ3n) is 5.30. The van der Waals surface area contributed by atoms with E-state index in [0.717, 1.165) is 12.8 Å². The molecule has 1 saturated carbocycles. The van der Waals surface area contributed by atoms with Gasteiger partial charge in [0.15, 0.2) is 11.9 Å². The first-order valence-corrected chi connectivity index (χ1v) is 11.3. The second-order valence-electron chi connectivity index (χ2n) is 9.33. The van der Waals surface area contributed by atoms with Gasteiger partial charge >= 0.3 is 5.97 Å². The molecule has 1 fully saturated rings. The van der Waals surface area contributed by atoms with Crippen LogP contribution in [0.3, 0.4) is 0 Å². The van der Waals surface area contributed by atoms with E-state index in [0.29, 0.717) is 23.3 Å². The van der Waals surface area contributed by atoms with Crippen LogP contribution >= 0.6 is 0 Å². The minimum absolute atomic E-state index is 0.162. The Bertz CT molecular complexity index is 1190. The maximum absolute atomic E-state index is 14.6. The Labute approximate surface area is 197 Å². The van der Waals surface area contributed by atoms with Gasteiger partial charge in [0.25, 0.3) is 5.89 Å². The van der Waals surface area contributed by atoms with E-state index in [2.05, 4.69) is 10.1 Å². The van der Waals surface area contributed by atoms with E-state index < -0.39 is 23.5 Å². The number of halogens is 1. The Kier molecular flexibility index (Phi) is 6.50. The van der Waals surface area contributed by atoms with Crippen LogP contribution in [-0.4, -0.2) is 27.5 Å². The summed E-state index contributed by atoms with van der Waals surface area (Å²) in [7, 11) is 0. The van der Waals surface area contributed by atoms with Gasteiger partial charge in [-0.2, -0.15) is 4.98 Å². The van der Waals surface area contributed by atoms with E-state index in [1.165, 1.54) is 18.2 Å². The van der Waals surface area contributed by atoms with Gasteiger partial charge in [-0.3, -0.25) is 4.79 Å². The molecule has 4 rings (SSSR count). The Balaban J connectivity index is 1.46. The first-order valence-electron chi connectivity index (χ1n) is 11.3. The molecular weight excluding hydrogens is 439 g/mol. The molecule has 0 N–H and O–H groups in total.